The highest BCUT2D eigenvalue weighted by molar-refractivity contribution is 5.40. The largest absolute Gasteiger partial charge is 0.317 e. The Balaban J connectivity index is 1.54. The van der Waals surface area contributed by atoms with Gasteiger partial charge in [-0.2, -0.15) is 0 Å². The van der Waals surface area contributed by atoms with Crippen LogP contribution in [0.3, 0.4) is 0 Å². The minimum absolute atomic E-state index is 0.663. The molecule has 1 aromatic carbocycles. The predicted octanol–water partition coefficient (Wildman–Crippen LogP) is 1.55. The van der Waals surface area contributed by atoms with Gasteiger partial charge in [0.2, 0.25) is 0 Å². The summed E-state index contributed by atoms with van der Waals surface area (Å²) in [5.41, 5.74) is 3.00. The van der Waals surface area contributed by atoms with E-state index in [1.165, 1.54) is 17.5 Å². The van der Waals surface area contributed by atoms with Gasteiger partial charge in [0.1, 0.15) is 11.6 Å². The third-order valence-corrected chi connectivity index (χ3v) is 3.82. The van der Waals surface area contributed by atoms with Crippen LogP contribution < -0.4 is 5.32 Å². The van der Waals surface area contributed by atoms with Crippen LogP contribution in [0.2, 0.25) is 0 Å². The van der Waals surface area contributed by atoms with Gasteiger partial charge < -0.3 is 9.88 Å². The van der Waals surface area contributed by atoms with Gasteiger partial charge in [0.05, 0.1) is 6.54 Å². The third kappa shape index (κ3) is 1.93. The van der Waals surface area contributed by atoms with E-state index in [2.05, 4.69) is 39.8 Å². The lowest BCUT2D eigenvalue weighted by atomic mass is 9.78. The van der Waals surface area contributed by atoms with Crippen molar-refractivity contribution in [3.05, 3.63) is 47.0 Å². The zero-order valence-corrected chi connectivity index (χ0v) is 10.8. The summed E-state index contributed by atoms with van der Waals surface area (Å²) in [5, 5.41) is 11.7. The molecule has 1 aromatic heterocycles. The number of aryl methyl sites for hydroxylation is 1. The van der Waals surface area contributed by atoms with Gasteiger partial charge in [-0.15, -0.1) is 10.2 Å². The quantitative estimate of drug-likeness (QED) is 0.884. The molecule has 0 fully saturated rings. The van der Waals surface area contributed by atoms with Crippen LogP contribution in [0.25, 0.3) is 0 Å². The topological polar surface area (TPSA) is 42.7 Å². The Hall–Kier alpha value is -1.68. The molecule has 1 aliphatic rings. The lowest BCUT2D eigenvalue weighted by Gasteiger charge is -2.30. The van der Waals surface area contributed by atoms with Crippen LogP contribution in [0.5, 0.6) is 0 Å². The van der Waals surface area contributed by atoms with Gasteiger partial charge in [0.25, 0.3) is 0 Å². The van der Waals surface area contributed by atoms with E-state index in [1.807, 2.05) is 18.5 Å². The molecule has 1 heterocycles. The van der Waals surface area contributed by atoms with Crippen molar-refractivity contribution < 1.29 is 0 Å². The number of nitrogens with one attached hydrogen (secondary N) is 1. The van der Waals surface area contributed by atoms with Crippen molar-refractivity contribution in [3.8, 4) is 0 Å². The molecule has 1 unspecified atom stereocenters. The van der Waals surface area contributed by atoms with Crippen LogP contribution in [0, 0.1) is 6.92 Å². The van der Waals surface area contributed by atoms with Gasteiger partial charge in [-0.1, -0.05) is 24.3 Å². The van der Waals surface area contributed by atoms with E-state index in [1.54, 1.807) is 0 Å². The normalized spacial score (nSPS) is 17.3. The van der Waals surface area contributed by atoms with Crippen LogP contribution in [0.15, 0.2) is 24.3 Å². The fourth-order valence-electron chi connectivity index (χ4n) is 2.51. The fourth-order valence-corrected chi connectivity index (χ4v) is 2.51. The molecule has 4 heteroatoms. The van der Waals surface area contributed by atoms with E-state index in [0.717, 1.165) is 24.7 Å². The number of rotatable bonds is 4. The molecule has 0 aliphatic heterocycles. The Labute approximate surface area is 107 Å². The average molecular weight is 242 g/mol. The first-order chi connectivity index (χ1) is 8.75. The van der Waals surface area contributed by atoms with Crippen molar-refractivity contribution in [2.45, 2.75) is 25.8 Å². The average Bonchev–Trinajstić information content (AvgIpc) is 2.66. The lowest BCUT2D eigenvalue weighted by molar-refractivity contribution is 0.523. The maximum atomic E-state index is 4.15. The Kier molecular flexibility index (Phi) is 2.88. The van der Waals surface area contributed by atoms with Gasteiger partial charge in [0, 0.05) is 19.5 Å². The smallest absolute Gasteiger partial charge is 0.146 e. The molecule has 0 amide bonds. The second-order valence-electron chi connectivity index (χ2n) is 4.95. The SMILES string of the molecule is Cc1nnc(CNCC2Cc3ccccc32)n1C. The molecule has 4 nitrogen and oxygen atoms in total. The summed E-state index contributed by atoms with van der Waals surface area (Å²) in [7, 11) is 2.00. The van der Waals surface area contributed by atoms with Crippen molar-refractivity contribution in [1.82, 2.24) is 20.1 Å². The monoisotopic (exact) mass is 242 g/mol. The van der Waals surface area contributed by atoms with Gasteiger partial charge in [-0.05, 0) is 24.5 Å². The molecule has 1 aliphatic carbocycles. The van der Waals surface area contributed by atoms with E-state index in [4.69, 9.17) is 0 Å². The minimum atomic E-state index is 0.663. The van der Waals surface area contributed by atoms with Gasteiger partial charge in [-0.25, -0.2) is 0 Å². The molecular formula is C14H18N4. The molecule has 94 valence electrons. The summed E-state index contributed by atoms with van der Waals surface area (Å²) in [5.74, 6) is 2.62. The van der Waals surface area contributed by atoms with E-state index >= 15 is 0 Å². The standard InChI is InChI=1S/C14H18N4/c1-10-16-17-14(18(10)2)9-15-8-12-7-11-5-3-4-6-13(11)12/h3-6,12,15H,7-9H2,1-2H3. The van der Waals surface area contributed by atoms with Gasteiger partial charge >= 0.3 is 0 Å². The Morgan fingerprint density at radius 2 is 2.17 bits per heavy atom. The van der Waals surface area contributed by atoms with Gasteiger partial charge in [0.15, 0.2) is 0 Å². The highest BCUT2D eigenvalue weighted by Gasteiger charge is 2.24. The van der Waals surface area contributed by atoms with Crippen molar-refractivity contribution >= 4 is 0 Å². The maximum Gasteiger partial charge on any atom is 0.146 e. The zero-order chi connectivity index (χ0) is 12.5. The van der Waals surface area contributed by atoms with E-state index < -0.39 is 0 Å². The Morgan fingerprint density at radius 3 is 2.89 bits per heavy atom. The summed E-state index contributed by atoms with van der Waals surface area (Å²) in [4.78, 5) is 0. The van der Waals surface area contributed by atoms with Crippen LogP contribution in [-0.4, -0.2) is 21.3 Å². The van der Waals surface area contributed by atoms with Crippen LogP contribution in [-0.2, 0) is 20.0 Å². The third-order valence-electron chi connectivity index (χ3n) is 3.82. The van der Waals surface area contributed by atoms with Crippen molar-refractivity contribution in [2.75, 3.05) is 6.54 Å². The molecule has 2 aromatic rings. The second kappa shape index (κ2) is 4.53. The molecule has 18 heavy (non-hydrogen) atoms. The summed E-state index contributed by atoms with van der Waals surface area (Å²) < 4.78 is 2.03. The van der Waals surface area contributed by atoms with E-state index in [0.29, 0.717) is 5.92 Å². The molecule has 0 spiro atoms. The summed E-state index contributed by atoms with van der Waals surface area (Å²) >= 11 is 0. The first-order valence-electron chi connectivity index (χ1n) is 6.39. The number of hydrogen-bond donors (Lipinski definition) is 1. The van der Waals surface area contributed by atoms with Crippen LogP contribution in [0.4, 0.5) is 0 Å². The number of nitrogens with zero attached hydrogens (tertiary/aromatic N) is 3. The number of fused-ring (bicyclic) bond motifs is 1. The molecule has 0 bridgehead atoms. The molecule has 0 saturated heterocycles. The molecule has 0 radical (unpaired) electrons. The predicted molar refractivity (Wildman–Crippen MR) is 70.3 cm³/mol. The molecule has 1 atom stereocenters. The lowest BCUT2D eigenvalue weighted by Crippen LogP contribution is -2.29. The van der Waals surface area contributed by atoms with Crippen molar-refractivity contribution in [3.63, 3.8) is 0 Å². The molecule has 3 rings (SSSR count). The van der Waals surface area contributed by atoms with Crippen LogP contribution in [0.1, 0.15) is 28.7 Å². The first-order valence-corrected chi connectivity index (χ1v) is 6.39. The summed E-state index contributed by atoms with van der Waals surface area (Å²) in [6, 6.07) is 8.69. The van der Waals surface area contributed by atoms with Crippen LogP contribution >= 0.6 is 0 Å². The Morgan fingerprint density at radius 1 is 1.33 bits per heavy atom. The van der Waals surface area contributed by atoms with Crippen molar-refractivity contribution in [1.29, 1.82) is 0 Å². The second-order valence-corrected chi connectivity index (χ2v) is 4.95. The zero-order valence-electron chi connectivity index (χ0n) is 10.8. The molecule has 0 saturated carbocycles. The number of hydrogen-bond acceptors (Lipinski definition) is 3. The summed E-state index contributed by atoms with van der Waals surface area (Å²) in [6.45, 7) is 3.78. The highest BCUT2D eigenvalue weighted by Crippen LogP contribution is 2.33. The first kappa shape index (κ1) is 11.4. The van der Waals surface area contributed by atoms with E-state index in [-0.39, 0.29) is 0 Å². The van der Waals surface area contributed by atoms with E-state index in [9.17, 15) is 0 Å². The van der Waals surface area contributed by atoms with Crippen molar-refractivity contribution in [2.24, 2.45) is 7.05 Å². The van der Waals surface area contributed by atoms with Gasteiger partial charge in [-0.3, -0.25) is 0 Å². The highest BCUT2D eigenvalue weighted by atomic mass is 15.3. The number of benzene rings is 1. The molecular weight excluding hydrogens is 224 g/mol. The maximum absolute atomic E-state index is 4.15. The fraction of sp³-hybridized carbons (Fsp3) is 0.429. The Bertz CT molecular complexity index is 559. The number of aromatic nitrogens is 3. The minimum Gasteiger partial charge on any atom is -0.317 e. The summed E-state index contributed by atoms with van der Waals surface area (Å²) in [6.07, 6.45) is 1.20. The molecule has 1 N–H and O–H groups in total.